The number of benzene rings is 2. The van der Waals surface area contributed by atoms with Gasteiger partial charge in [0.05, 0.1) is 25.4 Å². The third-order valence-electron chi connectivity index (χ3n) is 4.94. The standard InChI is InChI=1S/C19H21N5O4S/c1-27-17-8-14-16(9-18(17)28-2)21-11-22-19(14)24-7-6-13-12(10-24)4-3-5-15(13)23-29(20,25)26/h3-5,8-9,11,23H,6-7,10H2,1-2H3,(H2,20,25,26). The van der Waals surface area contributed by atoms with Crippen LogP contribution in [0.25, 0.3) is 10.9 Å². The van der Waals surface area contributed by atoms with Gasteiger partial charge in [0.15, 0.2) is 11.5 Å². The van der Waals surface area contributed by atoms with Gasteiger partial charge in [-0.1, -0.05) is 12.1 Å². The van der Waals surface area contributed by atoms with Crippen molar-refractivity contribution in [2.45, 2.75) is 13.0 Å². The van der Waals surface area contributed by atoms with E-state index in [2.05, 4.69) is 19.6 Å². The molecule has 2 heterocycles. The highest BCUT2D eigenvalue weighted by molar-refractivity contribution is 7.90. The Kier molecular flexibility index (Phi) is 4.89. The molecule has 0 spiro atoms. The molecule has 0 aliphatic carbocycles. The monoisotopic (exact) mass is 415 g/mol. The third kappa shape index (κ3) is 3.76. The van der Waals surface area contributed by atoms with E-state index in [0.717, 1.165) is 27.8 Å². The maximum Gasteiger partial charge on any atom is 0.296 e. The van der Waals surface area contributed by atoms with Gasteiger partial charge >= 0.3 is 0 Å². The Labute approximate surface area is 168 Å². The van der Waals surface area contributed by atoms with Crippen LogP contribution in [-0.2, 0) is 23.2 Å². The SMILES string of the molecule is COc1cc2ncnc(N3CCc4c(cccc4NS(N)(=O)=O)C3)c2cc1OC. The summed E-state index contributed by atoms with van der Waals surface area (Å²) in [6.45, 7) is 1.24. The Hall–Kier alpha value is -3.11. The fraction of sp³-hybridized carbons (Fsp3) is 0.263. The fourth-order valence-electron chi connectivity index (χ4n) is 3.66. The summed E-state index contributed by atoms with van der Waals surface area (Å²) in [6.07, 6.45) is 2.17. The van der Waals surface area contributed by atoms with E-state index in [1.807, 2.05) is 24.3 Å². The number of hydrogen-bond donors (Lipinski definition) is 2. The maximum absolute atomic E-state index is 11.4. The van der Waals surface area contributed by atoms with Crippen LogP contribution in [0.4, 0.5) is 11.5 Å². The van der Waals surface area contributed by atoms with E-state index in [9.17, 15) is 8.42 Å². The second-order valence-electron chi connectivity index (χ2n) is 6.68. The molecule has 0 saturated heterocycles. The molecule has 0 unspecified atom stereocenters. The zero-order chi connectivity index (χ0) is 20.6. The van der Waals surface area contributed by atoms with Crippen LogP contribution >= 0.6 is 0 Å². The summed E-state index contributed by atoms with van der Waals surface area (Å²) in [5.74, 6) is 1.99. The molecule has 29 heavy (non-hydrogen) atoms. The Morgan fingerprint density at radius 1 is 1.14 bits per heavy atom. The van der Waals surface area contributed by atoms with E-state index in [-0.39, 0.29) is 0 Å². The molecule has 9 nitrogen and oxygen atoms in total. The third-order valence-corrected chi connectivity index (χ3v) is 5.44. The van der Waals surface area contributed by atoms with Gasteiger partial charge in [0, 0.05) is 24.5 Å². The van der Waals surface area contributed by atoms with Crippen LogP contribution in [0.15, 0.2) is 36.7 Å². The van der Waals surface area contributed by atoms with Crippen LogP contribution in [0, 0.1) is 0 Å². The van der Waals surface area contributed by atoms with Crippen LogP contribution < -0.4 is 24.2 Å². The topological polar surface area (TPSA) is 120 Å². The van der Waals surface area contributed by atoms with Gasteiger partial charge in [-0.2, -0.15) is 8.42 Å². The smallest absolute Gasteiger partial charge is 0.296 e. The lowest BCUT2D eigenvalue weighted by atomic mass is 9.98. The first-order valence-corrected chi connectivity index (χ1v) is 10.5. The average molecular weight is 415 g/mol. The summed E-state index contributed by atoms with van der Waals surface area (Å²) < 4.78 is 36.1. The summed E-state index contributed by atoms with van der Waals surface area (Å²) >= 11 is 0. The van der Waals surface area contributed by atoms with Crippen molar-refractivity contribution in [1.82, 2.24) is 9.97 Å². The van der Waals surface area contributed by atoms with E-state index < -0.39 is 10.2 Å². The predicted molar refractivity (Wildman–Crippen MR) is 111 cm³/mol. The molecule has 1 aliphatic rings. The van der Waals surface area contributed by atoms with Gasteiger partial charge in [-0.15, -0.1) is 0 Å². The molecule has 1 aromatic heterocycles. The Balaban J connectivity index is 1.73. The number of ether oxygens (including phenoxy) is 2. The minimum Gasteiger partial charge on any atom is -0.493 e. The van der Waals surface area contributed by atoms with E-state index in [1.54, 1.807) is 20.3 Å². The minimum absolute atomic E-state index is 0.517. The summed E-state index contributed by atoms with van der Waals surface area (Å²) in [6, 6.07) is 9.20. The molecular formula is C19H21N5O4S. The van der Waals surface area contributed by atoms with Crippen molar-refractivity contribution in [3.05, 3.63) is 47.8 Å². The number of nitrogens with one attached hydrogen (secondary N) is 1. The van der Waals surface area contributed by atoms with Crippen LogP contribution in [-0.4, -0.2) is 39.2 Å². The first-order valence-electron chi connectivity index (χ1n) is 8.92. The van der Waals surface area contributed by atoms with Gasteiger partial charge < -0.3 is 14.4 Å². The molecule has 0 fully saturated rings. The number of rotatable bonds is 5. The summed E-state index contributed by atoms with van der Waals surface area (Å²) in [5, 5.41) is 6.00. The number of methoxy groups -OCH3 is 2. The second-order valence-corrected chi connectivity index (χ2v) is 7.98. The highest BCUT2D eigenvalue weighted by Gasteiger charge is 2.23. The van der Waals surface area contributed by atoms with Gasteiger partial charge in [0.1, 0.15) is 12.1 Å². The number of fused-ring (bicyclic) bond motifs is 2. The molecule has 4 rings (SSSR count). The van der Waals surface area contributed by atoms with Crippen LogP contribution in [0.1, 0.15) is 11.1 Å². The first-order chi connectivity index (χ1) is 13.9. The van der Waals surface area contributed by atoms with Gasteiger partial charge in [-0.05, 0) is 29.7 Å². The molecule has 0 bridgehead atoms. The van der Waals surface area contributed by atoms with Crippen molar-refractivity contribution in [1.29, 1.82) is 0 Å². The van der Waals surface area contributed by atoms with Crippen molar-refractivity contribution in [3.8, 4) is 11.5 Å². The summed E-state index contributed by atoms with van der Waals surface area (Å²) in [7, 11) is -0.658. The van der Waals surface area contributed by atoms with Crippen molar-refractivity contribution < 1.29 is 17.9 Å². The van der Waals surface area contributed by atoms with Crippen molar-refractivity contribution in [2.24, 2.45) is 5.14 Å². The lowest BCUT2D eigenvalue weighted by Crippen LogP contribution is -2.32. The van der Waals surface area contributed by atoms with Gasteiger partial charge in [-0.3, -0.25) is 4.72 Å². The number of nitrogens with zero attached hydrogens (tertiary/aromatic N) is 3. The highest BCUT2D eigenvalue weighted by atomic mass is 32.2. The fourth-order valence-corrected chi connectivity index (χ4v) is 4.16. The lowest BCUT2D eigenvalue weighted by molar-refractivity contribution is 0.356. The molecule has 3 aromatic rings. The number of aromatic nitrogens is 2. The van der Waals surface area contributed by atoms with Crippen LogP contribution in [0.5, 0.6) is 11.5 Å². The predicted octanol–water partition coefficient (Wildman–Crippen LogP) is 1.83. The minimum atomic E-state index is -3.83. The van der Waals surface area contributed by atoms with Crippen LogP contribution in [0.3, 0.4) is 0 Å². The molecule has 152 valence electrons. The molecule has 2 aromatic carbocycles. The molecule has 3 N–H and O–H groups in total. The normalized spacial score (nSPS) is 13.8. The zero-order valence-electron chi connectivity index (χ0n) is 16.0. The molecule has 1 aliphatic heterocycles. The van der Waals surface area contributed by atoms with E-state index in [1.165, 1.54) is 6.33 Å². The largest absolute Gasteiger partial charge is 0.493 e. The molecule has 10 heteroatoms. The maximum atomic E-state index is 11.4. The first kappa shape index (κ1) is 19.2. The van der Waals surface area contributed by atoms with Gasteiger partial charge in [0.2, 0.25) is 0 Å². The Bertz CT molecular complexity index is 1180. The van der Waals surface area contributed by atoms with Crippen LogP contribution in [0.2, 0.25) is 0 Å². The zero-order valence-corrected chi connectivity index (χ0v) is 16.9. The van der Waals surface area contributed by atoms with Crippen molar-refractivity contribution in [3.63, 3.8) is 0 Å². The quantitative estimate of drug-likeness (QED) is 0.652. The molecule has 0 atom stereocenters. The van der Waals surface area contributed by atoms with E-state index in [0.29, 0.717) is 36.7 Å². The lowest BCUT2D eigenvalue weighted by Gasteiger charge is -2.31. The Morgan fingerprint density at radius 3 is 2.62 bits per heavy atom. The second kappa shape index (κ2) is 7.37. The van der Waals surface area contributed by atoms with Crippen molar-refractivity contribution in [2.75, 3.05) is 30.4 Å². The molecule has 0 radical (unpaired) electrons. The molecule has 0 amide bonds. The number of anilines is 2. The number of nitrogens with two attached hydrogens (primary N) is 1. The summed E-state index contributed by atoms with van der Waals surface area (Å²) in [5.41, 5.74) is 3.22. The highest BCUT2D eigenvalue weighted by Crippen LogP contribution is 2.36. The molecular weight excluding hydrogens is 394 g/mol. The van der Waals surface area contributed by atoms with Gasteiger partial charge in [0.25, 0.3) is 10.2 Å². The molecule has 0 saturated carbocycles. The van der Waals surface area contributed by atoms with Crippen molar-refractivity contribution >= 4 is 32.6 Å². The summed E-state index contributed by atoms with van der Waals surface area (Å²) in [4.78, 5) is 11.0. The van der Waals surface area contributed by atoms with E-state index in [4.69, 9.17) is 14.6 Å². The number of hydrogen-bond acceptors (Lipinski definition) is 7. The van der Waals surface area contributed by atoms with Gasteiger partial charge in [-0.25, -0.2) is 15.1 Å². The van der Waals surface area contributed by atoms with E-state index >= 15 is 0 Å². The average Bonchev–Trinajstić information content (AvgIpc) is 2.71. The Morgan fingerprint density at radius 2 is 1.90 bits per heavy atom.